The predicted molar refractivity (Wildman–Crippen MR) is 111 cm³/mol. The van der Waals surface area contributed by atoms with Gasteiger partial charge in [0.05, 0.1) is 12.2 Å². The zero-order chi connectivity index (χ0) is 20.1. The second-order valence-electron chi connectivity index (χ2n) is 6.35. The number of aryl methyl sites for hydroxylation is 2. The minimum absolute atomic E-state index is 0.340. The topological polar surface area (TPSA) is 102 Å². The highest BCUT2D eigenvalue weighted by Crippen LogP contribution is 2.29. The summed E-state index contributed by atoms with van der Waals surface area (Å²) in [6.45, 7) is 6.16. The van der Waals surface area contributed by atoms with Crippen molar-refractivity contribution < 1.29 is 9.53 Å². The van der Waals surface area contributed by atoms with E-state index in [0.29, 0.717) is 29.5 Å². The van der Waals surface area contributed by atoms with Crippen molar-refractivity contribution in [3.63, 3.8) is 0 Å². The Morgan fingerprint density at radius 1 is 1.04 bits per heavy atom. The standard InChI is InChI=1S/C21H23N5O2/c1-4-28-21(27)15-7-9-16(10-8-15)25-19-18(22)20(24-12-23-19)26-17-11-13(2)5-6-14(17)3/h5-12H,4,22H2,1-3H3,(H2,23,24,25,26). The number of hydrogen-bond acceptors (Lipinski definition) is 7. The molecule has 0 spiro atoms. The zero-order valence-corrected chi connectivity index (χ0v) is 16.1. The Morgan fingerprint density at radius 3 is 2.39 bits per heavy atom. The van der Waals surface area contributed by atoms with Crippen LogP contribution in [0.5, 0.6) is 0 Å². The van der Waals surface area contributed by atoms with Crippen LogP contribution < -0.4 is 16.4 Å². The van der Waals surface area contributed by atoms with Crippen molar-refractivity contribution in [3.8, 4) is 0 Å². The van der Waals surface area contributed by atoms with E-state index in [4.69, 9.17) is 10.5 Å². The highest BCUT2D eigenvalue weighted by atomic mass is 16.5. The van der Waals surface area contributed by atoms with Crippen molar-refractivity contribution in [1.29, 1.82) is 0 Å². The van der Waals surface area contributed by atoms with E-state index in [1.807, 2.05) is 26.0 Å². The lowest BCUT2D eigenvalue weighted by atomic mass is 10.1. The van der Waals surface area contributed by atoms with Gasteiger partial charge in [-0.2, -0.15) is 0 Å². The van der Waals surface area contributed by atoms with E-state index in [2.05, 4.69) is 26.7 Å². The van der Waals surface area contributed by atoms with Gasteiger partial charge in [-0.05, 0) is 62.2 Å². The van der Waals surface area contributed by atoms with E-state index < -0.39 is 0 Å². The van der Waals surface area contributed by atoms with E-state index in [9.17, 15) is 4.79 Å². The Labute approximate surface area is 164 Å². The summed E-state index contributed by atoms with van der Waals surface area (Å²) in [6, 6.07) is 13.0. The van der Waals surface area contributed by atoms with E-state index in [1.165, 1.54) is 6.33 Å². The molecule has 7 nitrogen and oxygen atoms in total. The molecular formula is C21H23N5O2. The number of nitrogens with one attached hydrogen (secondary N) is 2. The summed E-state index contributed by atoms with van der Waals surface area (Å²) in [5.41, 5.74) is 11.1. The number of rotatable bonds is 6. The first-order valence-corrected chi connectivity index (χ1v) is 8.97. The normalized spacial score (nSPS) is 10.4. The summed E-state index contributed by atoms with van der Waals surface area (Å²) < 4.78 is 4.99. The van der Waals surface area contributed by atoms with Gasteiger partial charge in [0.15, 0.2) is 11.6 Å². The van der Waals surface area contributed by atoms with Gasteiger partial charge in [-0.3, -0.25) is 0 Å². The summed E-state index contributed by atoms with van der Waals surface area (Å²) in [4.78, 5) is 20.2. The molecule has 4 N–H and O–H groups in total. The van der Waals surface area contributed by atoms with Crippen molar-refractivity contribution in [2.75, 3.05) is 23.0 Å². The summed E-state index contributed by atoms with van der Waals surface area (Å²) in [5.74, 6) is 0.650. The molecule has 144 valence electrons. The van der Waals surface area contributed by atoms with Gasteiger partial charge in [0.25, 0.3) is 0 Å². The molecule has 0 amide bonds. The minimum atomic E-state index is -0.351. The van der Waals surface area contributed by atoms with Crippen LogP contribution in [0.15, 0.2) is 48.8 Å². The number of anilines is 5. The molecule has 1 aromatic heterocycles. The van der Waals surface area contributed by atoms with Crippen LogP contribution in [0.25, 0.3) is 0 Å². The first kappa shape index (κ1) is 19.2. The van der Waals surface area contributed by atoms with Gasteiger partial charge < -0.3 is 21.1 Å². The first-order valence-electron chi connectivity index (χ1n) is 8.97. The van der Waals surface area contributed by atoms with Gasteiger partial charge in [0.2, 0.25) is 0 Å². The van der Waals surface area contributed by atoms with E-state index in [1.54, 1.807) is 31.2 Å². The fourth-order valence-electron chi connectivity index (χ4n) is 2.63. The molecule has 3 rings (SSSR count). The molecule has 0 saturated carbocycles. The van der Waals surface area contributed by atoms with Gasteiger partial charge in [0, 0.05) is 11.4 Å². The molecule has 0 unspecified atom stereocenters. The van der Waals surface area contributed by atoms with Crippen LogP contribution in [0.4, 0.5) is 28.7 Å². The number of nitrogens with two attached hydrogens (primary N) is 1. The van der Waals surface area contributed by atoms with Crippen LogP contribution in [0.1, 0.15) is 28.4 Å². The van der Waals surface area contributed by atoms with E-state index >= 15 is 0 Å². The number of nitrogens with zero attached hydrogens (tertiary/aromatic N) is 2. The third-order valence-electron chi connectivity index (χ3n) is 4.19. The smallest absolute Gasteiger partial charge is 0.338 e. The SMILES string of the molecule is CCOC(=O)c1ccc(Nc2ncnc(Nc3cc(C)ccc3C)c2N)cc1. The molecule has 0 fully saturated rings. The third-order valence-corrected chi connectivity index (χ3v) is 4.19. The quantitative estimate of drug-likeness (QED) is 0.549. The summed E-state index contributed by atoms with van der Waals surface area (Å²) in [7, 11) is 0. The lowest BCUT2D eigenvalue weighted by Crippen LogP contribution is -2.06. The molecule has 0 bridgehead atoms. The highest BCUT2D eigenvalue weighted by molar-refractivity contribution is 5.90. The third kappa shape index (κ3) is 4.37. The predicted octanol–water partition coefficient (Wildman–Crippen LogP) is 4.34. The maximum Gasteiger partial charge on any atom is 0.338 e. The van der Waals surface area contributed by atoms with Crippen LogP contribution in [0.3, 0.4) is 0 Å². The van der Waals surface area contributed by atoms with Crippen LogP contribution >= 0.6 is 0 Å². The lowest BCUT2D eigenvalue weighted by Gasteiger charge is -2.14. The van der Waals surface area contributed by atoms with Gasteiger partial charge in [-0.15, -0.1) is 0 Å². The molecule has 0 radical (unpaired) electrons. The number of ether oxygens (including phenoxy) is 1. The highest BCUT2D eigenvalue weighted by Gasteiger charge is 2.11. The molecule has 2 aromatic carbocycles. The Kier molecular flexibility index (Phi) is 5.74. The van der Waals surface area contributed by atoms with Crippen LogP contribution in [-0.4, -0.2) is 22.5 Å². The van der Waals surface area contributed by atoms with Gasteiger partial charge in [-0.1, -0.05) is 12.1 Å². The number of carbonyl (C=O) groups is 1. The maximum absolute atomic E-state index is 11.7. The van der Waals surface area contributed by atoms with E-state index in [0.717, 1.165) is 22.5 Å². The Balaban J connectivity index is 1.79. The second-order valence-corrected chi connectivity index (χ2v) is 6.35. The van der Waals surface area contributed by atoms with Gasteiger partial charge in [-0.25, -0.2) is 14.8 Å². The zero-order valence-electron chi connectivity index (χ0n) is 16.1. The summed E-state index contributed by atoms with van der Waals surface area (Å²) >= 11 is 0. The van der Waals surface area contributed by atoms with Crippen LogP contribution in [0.2, 0.25) is 0 Å². The van der Waals surface area contributed by atoms with Crippen molar-refractivity contribution in [2.24, 2.45) is 0 Å². The molecule has 3 aromatic rings. The lowest BCUT2D eigenvalue weighted by molar-refractivity contribution is 0.0526. The van der Waals surface area contributed by atoms with Crippen LogP contribution in [0, 0.1) is 13.8 Å². The average Bonchev–Trinajstić information content (AvgIpc) is 2.68. The Morgan fingerprint density at radius 2 is 1.71 bits per heavy atom. The number of esters is 1. The Bertz CT molecular complexity index is 987. The largest absolute Gasteiger partial charge is 0.462 e. The molecule has 28 heavy (non-hydrogen) atoms. The first-order chi connectivity index (χ1) is 13.5. The maximum atomic E-state index is 11.7. The average molecular weight is 377 g/mol. The number of aromatic nitrogens is 2. The van der Waals surface area contributed by atoms with Crippen molar-refractivity contribution in [2.45, 2.75) is 20.8 Å². The molecule has 0 saturated heterocycles. The van der Waals surface area contributed by atoms with E-state index in [-0.39, 0.29) is 5.97 Å². The molecule has 1 heterocycles. The van der Waals surface area contributed by atoms with Gasteiger partial charge in [0.1, 0.15) is 12.0 Å². The number of nitrogen functional groups attached to an aromatic ring is 1. The van der Waals surface area contributed by atoms with Crippen molar-refractivity contribution in [1.82, 2.24) is 9.97 Å². The van der Waals surface area contributed by atoms with Crippen molar-refractivity contribution >= 4 is 34.7 Å². The van der Waals surface area contributed by atoms with Crippen LogP contribution in [-0.2, 0) is 4.74 Å². The van der Waals surface area contributed by atoms with Crippen molar-refractivity contribution in [3.05, 3.63) is 65.5 Å². The molecule has 0 aliphatic heterocycles. The number of benzene rings is 2. The molecule has 0 aliphatic rings. The summed E-state index contributed by atoms with van der Waals surface area (Å²) in [6.07, 6.45) is 1.44. The Hall–Kier alpha value is -3.61. The van der Waals surface area contributed by atoms with Gasteiger partial charge >= 0.3 is 5.97 Å². The molecule has 0 atom stereocenters. The number of carbonyl (C=O) groups excluding carboxylic acids is 1. The molecule has 0 aliphatic carbocycles. The molecular weight excluding hydrogens is 354 g/mol. The number of hydrogen-bond donors (Lipinski definition) is 3. The fraction of sp³-hybridized carbons (Fsp3) is 0.190. The second kappa shape index (κ2) is 8.39. The minimum Gasteiger partial charge on any atom is -0.462 e. The summed E-state index contributed by atoms with van der Waals surface area (Å²) in [5, 5.41) is 6.42. The fourth-order valence-corrected chi connectivity index (χ4v) is 2.63. The molecule has 7 heteroatoms. The monoisotopic (exact) mass is 377 g/mol.